The van der Waals surface area contributed by atoms with Crippen molar-refractivity contribution < 1.29 is 8.42 Å². The fourth-order valence-electron chi connectivity index (χ4n) is 1.64. The van der Waals surface area contributed by atoms with E-state index >= 15 is 0 Å². The van der Waals surface area contributed by atoms with Gasteiger partial charge in [0, 0.05) is 13.1 Å². The van der Waals surface area contributed by atoms with E-state index in [0.29, 0.717) is 12.0 Å². The van der Waals surface area contributed by atoms with E-state index in [-0.39, 0.29) is 11.0 Å². The standard InChI is InChI=1S/C11H23NO2S/c1-4-11(5-6-11)9-12-7-8-15(13,14)10(2)3/h10,12H,4-9H2,1-3H3. The Morgan fingerprint density at radius 2 is 1.93 bits per heavy atom. The summed E-state index contributed by atoms with van der Waals surface area (Å²) in [6, 6.07) is 0. The normalized spacial score (nSPS) is 19.5. The Morgan fingerprint density at radius 3 is 2.33 bits per heavy atom. The van der Waals surface area contributed by atoms with E-state index in [2.05, 4.69) is 12.2 Å². The molecule has 15 heavy (non-hydrogen) atoms. The van der Waals surface area contributed by atoms with Crippen LogP contribution in [0.4, 0.5) is 0 Å². The minimum atomic E-state index is -2.86. The number of hydrogen-bond donors (Lipinski definition) is 1. The second-order valence-corrected chi connectivity index (χ2v) is 7.62. The van der Waals surface area contributed by atoms with Crippen molar-refractivity contribution in [2.75, 3.05) is 18.8 Å². The van der Waals surface area contributed by atoms with Gasteiger partial charge in [0.15, 0.2) is 9.84 Å². The molecule has 0 unspecified atom stereocenters. The quantitative estimate of drug-likeness (QED) is 0.679. The molecule has 90 valence electrons. The fourth-order valence-corrected chi connectivity index (χ4v) is 2.54. The summed E-state index contributed by atoms with van der Waals surface area (Å²) in [7, 11) is -2.86. The largest absolute Gasteiger partial charge is 0.315 e. The summed E-state index contributed by atoms with van der Waals surface area (Å²) < 4.78 is 23.0. The first-order valence-corrected chi connectivity index (χ1v) is 7.56. The van der Waals surface area contributed by atoms with Crippen molar-refractivity contribution in [3.8, 4) is 0 Å². The summed E-state index contributed by atoms with van der Waals surface area (Å²) in [5.41, 5.74) is 0.502. The van der Waals surface area contributed by atoms with Gasteiger partial charge >= 0.3 is 0 Å². The summed E-state index contributed by atoms with van der Waals surface area (Å²) in [6.45, 7) is 7.27. The molecule has 3 nitrogen and oxygen atoms in total. The molecule has 4 heteroatoms. The minimum absolute atomic E-state index is 0.250. The van der Waals surface area contributed by atoms with Gasteiger partial charge in [-0.2, -0.15) is 0 Å². The van der Waals surface area contributed by atoms with Crippen molar-refractivity contribution in [3.63, 3.8) is 0 Å². The van der Waals surface area contributed by atoms with Crippen LogP contribution in [0.3, 0.4) is 0 Å². The lowest BCUT2D eigenvalue weighted by Crippen LogP contribution is -2.31. The zero-order valence-electron chi connectivity index (χ0n) is 10.0. The van der Waals surface area contributed by atoms with Crippen LogP contribution >= 0.6 is 0 Å². The van der Waals surface area contributed by atoms with Crippen molar-refractivity contribution >= 4 is 9.84 Å². The van der Waals surface area contributed by atoms with Crippen molar-refractivity contribution in [2.24, 2.45) is 5.41 Å². The van der Waals surface area contributed by atoms with Gasteiger partial charge < -0.3 is 5.32 Å². The zero-order valence-corrected chi connectivity index (χ0v) is 10.9. The number of sulfone groups is 1. The Morgan fingerprint density at radius 1 is 1.33 bits per heavy atom. The molecule has 0 heterocycles. The third kappa shape index (κ3) is 3.76. The highest BCUT2D eigenvalue weighted by Crippen LogP contribution is 2.47. The van der Waals surface area contributed by atoms with Gasteiger partial charge in [-0.15, -0.1) is 0 Å². The lowest BCUT2D eigenvalue weighted by atomic mass is 10.0. The van der Waals surface area contributed by atoms with E-state index in [1.165, 1.54) is 19.3 Å². The number of rotatable bonds is 7. The topological polar surface area (TPSA) is 46.2 Å². The predicted octanol–water partition coefficient (Wildman–Crippen LogP) is 1.59. The van der Waals surface area contributed by atoms with Crippen LogP contribution in [0, 0.1) is 5.41 Å². The Bertz CT molecular complexity index is 292. The Balaban J connectivity index is 2.17. The van der Waals surface area contributed by atoms with Crippen molar-refractivity contribution in [3.05, 3.63) is 0 Å². The molecule has 1 N–H and O–H groups in total. The summed E-state index contributed by atoms with van der Waals surface area (Å²) in [5.74, 6) is 0.268. The van der Waals surface area contributed by atoms with Gasteiger partial charge in [0.1, 0.15) is 0 Å². The highest BCUT2D eigenvalue weighted by atomic mass is 32.2. The summed E-state index contributed by atoms with van der Waals surface area (Å²) >= 11 is 0. The van der Waals surface area contributed by atoms with Crippen LogP contribution in [0.1, 0.15) is 40.0 Å². The van der Waals surface area contributed by atoms with E-state index < -0.39 is 9.84 Å². The molecule has 0 amide bonds. The van der Waals surface area contributed by atoms with Gasteiger partial charge in [-0.3, -0.25) is 0 Å². The maximum Gasteiger partial charge on any atom is 0.153 e. The Hall–Kier alpha value is -0.0900. The SMILES string of the molecule is CCC1(CNCCS(=O)(=O)C(C)C)CC1. The van der Waals surface area contributed by atoms with E-state index in [1.807, 2.05) is 0 Å². The first-order valence-electron chi connectivity index (χ1n) is 5.84. The average molecular weight is 233 g/mol. The third-order valence-electron chi connectivity index (χ3n) is 3.49. The molecule has 1 rings (SSSR count). The van der Waals surface area contributed by atoms with Gasteiger partial charge in [0.05, 0.1) is 11.0 Å². The minimum Gasteiger partial charge on any atom is -0.315 e. The molecule has 0 bridgehead atoms. The molecule has 0 radical (unpaired) electrons. The number of nitrogens with one attached hydrogen (secondary N) is 1. The highest BCUT2D eigenvalue weighted by Gasteiger charge is 2.39. The molecule has 0 spiro atoms. The summed E-state index contributed by atoms with van der Waals surface area (Å²) in [4.78, 5) is 0. The first kappa shape index (κ1) is 13.0. The molecule has 1 aliphatic carbocycles. The molecular formula is C11H23NO2S. The second kappa shape index (κ2) is 4.83. The molecule has 1 fully saturated rings. The smallest absolute Gasteiger partial charge is 0.153 e. The molecule has 0 aromatic carbocycles. The van der Waals surface area contributed by atoms with Crippen LogP contribution in [-0.2, 0) is 9.84 Å². The first-order chi connectivity index (χ1) is 6.92. The fraction of sp³-hybridized carbons (Fsp3) is 1.00. The third-order valence-corrected chi connectivity index (χ3v) is 5.70. The average Bonchev–Trinajstić information content (AvgIpc) is 2.93. The second-order valence-electron chi connectivity index (χ2n) is 4.95. The van der Waals surface area contributed by atoms with Crippen LogP contribution in [0.5, 0.6) is 0 Å². The molecule has 0 saturated heterocycles. The molecule has 0 aromatic heterocycles. The maximum atomic E-state index is 11.5. The molecule has 0 aromatic rings. The van der Waals surface area contributed by atoms with Gasteiger partial charge in [0.25, 0.3) is 0 Å². The molecule has 1 aliphatic rings. The van der Waals surface area contributed by atoms with Crippen LogP contribution in [0.25, 0.3) is 0 Å². The van der Waals surface area contributed by atoms with Gasteiger partial charge in [-0.05, 0) is 38.5 Å². The van der Waals surface area contributed by atoms with Crippen molar-refractivity contribution in [1.82, 2.24) is 5.32 Å². The van der Waals surface area contributed by atoms with Gasteiger partial charge in [-0.25, -0.2) is 8.42 Å². The monoisotopic (exact) mass is 233 g/mol. The molecule has 1 saturated carbocycles. The summed E-state index contributed by atoms with van der Waals surface area (Å²) in [6.07, 6.45) is 3.80. The molecule has 0 atom stereocenters. The Kier molecular flexibility index (Phi) is 4.18. The van der Waals surface area contributed by atoms with Gasteiger partial charge in [-0.1, -0.05) is 6.92 Å². The van der Waals surface area contributed by atoms with Crippen LogP contribution in [-0.4, -0.2) is 32.5 Å². The predicted molar refractivity (Wildman–Crippen MR) is 63.8 cm³/mol. The zero-order chi connectivity index (χ0) is 11.5. The number of hydrogen-bond acceptors (Lipinski definition) is 3. The van der Waals surface area contributed by atoms with E-state index in [0.717, 1.165) is 6.54 Å². The van der Waals surface area contributed by atoms with Crippen molar-refractivity contribution in [1.29, 1.82) is 0 Å². The van der Waals surface area contributed by atoms with Crippen molar-refractivity contribution in [2.45, 2.75) is 45.3 Å². The molecular weight excluding hydrogens is 210 g/mol. The summed E-state index contributed by atoms with van der Waals surface area (Å²) in [5, 5.41) is 3.02. The van der Waals surface area contributed by atoms with E-state index in [9.17, 15) is 8.42 Å². The molecule has 0 aliphatic heterocycles. The van der Waals surface area contributed by atoms with Gasteiger partial charge in [0.2, 0.25) is 0 Å². The van der Waals surface area contributed by atoms with Crippen LogP contribution < -0.4 is 5.32 Å². The van der Waals surface area contributed by atoms with Crippen LogP contribution in [0.2, 0.25) is 0 Å². The highest BCUT2D eigenvalue weighted by molar-refractivity contribution is 7.92. The van der Waals surface area contributed by atoms with E-state index in [1.54, 1.807) is 13.8 Å². The Labute approximate surface area is 93.6 Å². The maximum absolute atomic E-state index is 11.5. The van der Waals surface area contributed by atoms with Crippen LogP contribution in [0.15, 0.2) is 0 Å². The lowest BCUT2D eigenvalue weighted by molar-refractivity contribution is 0.450. The lowest BCUT2D eigenvalue weighted by Gasteiger charge is -2.14. The van der Waals surface area contributed by atoms with E-state index in [4.69, 9.17) is 0 Å².